The van der Waals surface area contributed by atoms with Gasteiger partial charge < -0.3 is 5.11 Å². The molecule has 0 amide bonds. The molecule has 0 bridgehead atoms. The minimum absolute atomic E-state index is 0.00399. The Morgan fingerprint density at radius 2 is 1.89 bits per heavy atom. The van der Waals surface area contributed by atoms with E-state index in [1.165, 1.54) is 10.4 Å². The zero-order valence-corrected chi connectivity index (χ0v) is 15.6. The summed E-state index contributed by atoms with van der Waals surface area (Å²) < 4.78 is 27.1. The number of hydrogen-bond acceptors (Lipinski definition) is 4. The van der Waals surface area contributed by atoms with Gasteiger partial charge in [0.15, 0.2) is 0 Å². The number of hydrogen-bond donors (Lipinski definition) is 1. The maximum atomic E-state index is 12.8. The fourth-order valence-corrected chi connectivity index (χ4v) is 5.03. The number of rotatable bonds is 3. The highest BCUT2D eigenvalue weighted by atomic mass is 32.2. The minimum Gasteiger partial charge on any atom is -0.508 e. The van der Waals surface area contributed by atoms with Crippen molar-refractivity contribution in [2.24, 2.45) is 0 Å². The topological polar surface area (TPSA) is 81.4 Å². The zero-order chi connectivity index (χ0) is 19.2. The standard InChI is InChI=1S/C21H18N2O3S/c1-2-27(25,26)23-20-8-7-19(24)11-18(20)12-21(23)16-6-5-15-4-3-14(13-22)9-17(15)10-16/h3-11,21,24H,2,12H2,1H3/t21-/m0/s1. The van der Waals surface area contributed by atoms with Crippen LogP contribution in [-0.2, 0) is 16.4 Å². The molecule has 0 fully saturated rings. The Morgan fingerprint density at radius 3 is 2.63 bits per heavy atom. The molecule has 0 saturated carbocycles. The SMILES string of the molecule is CCS(=O)(=O)N1c2ccc(O)cc2C[C@H]1c1ccc2ccc(C#N)cc2c1. The van der Waals surface area contributed by atoms with Gasteiger partial charge in [-0.25, -0.2) is 8.42 Å². The summed E-state index contributed by atoms with van der Waals surface area (Å²) in [6, 6.07) is 17.9. The molecule has 6 heteroatoms. The van der Waals surface area contributed by atoms with E-state index in [0.29, 0.717) is 17.7 Å². The van der Waals surface area contributed by atoms with Gasteiger partial charge in [-0.15, -0.1) is 0 Å². The molecule has 136 valence electrons. The third kappa shape index (κ3) is 2.90. The van der Waals surface area contributed by atoms with Crippen molar-refractivity contribution in [3.05, 3.63) is 71.3 Å². The largest absolute Gasteiger partial charge is 0.508 e. The molecule has 3 aromatic carbocycles. The van der Waals surface area contributed by atoms with Crippen LogP contribution in [-0.4, -0.2) is 19.3 Å². The molecule has 5 nitrogen and oxygen atoms in total. The van der Waals surface area contributed by atoms with Crippen LogP contribution in [0, 0.1) is 11.3 Å². The molecule has 1 aliphatic heterocycles. The predicted molar refractivity (Wildman–Crippen MR) is 105 cm³/mol. The second-order valence-electron chi connectivity index (χ2n) is 6.66. The molecular weight excluding hydrogens is 360 g/mol. The summed E-state index contributed by atoms with van der Waals surface area (Å²) in [5.74, 6) is 0.121. The highest BCUT2D eigenvalue weighted by Crippen LogP contribution is 2.44. The van der Waals surface area contributed by atoms with Gasteiger partial charge in [0.2, 0.25) is 10.0 Å². The van der Waals surface area contributed by atoms with Gasteiger partial charge >= 0.3 is 0 Å². The molecule has 1 aliphatic rings. The number of nitrogens with zero attached hydrogens (tertiary/aromatic N) is 2. The quantitative estimate of drug-likeness (QED) is 0.750. The normalized spacial score (nSPS) is 16.3. The van der Waals surface area contributed by atoms with E-state index >= 15 is 0 Å². The lowest BCUT2D eigenvalue weighted by atomic mass is 9.98. The van der Waals surface area contributed by atoms with Crippen LogP contribution in [0.4, 0.5) is 5.69 Å². The summed E-state index contributed by atoms with van der Waals surface area (Å²) in [4.78, 5) is 0. The second-order valence-corrected chi connectivity index (χ2v) is 8.80. The first-order valence-electron chi connectivity index (χ1n) is 8.71. The summed E-state index contributed by atoms with van der Waals surface area (Å²) in [7, 11) is -3.49. The molecule has 0 saturated heterocycles. The van der Waals surface area contributed by atoms with Gasteiger partial charge in [-0.2, -0.15) is 5.26 Å². The van der Waals surface area contributed by atoms with Gasteiger partial charge in [0, 0.05) is 6.42 Å². The average Bonchev–Trinajstić information content (AvgIpc) is 3.06. The van der Waals surface area contributed by atoms with E-state index in [2.05, 4.69) is 6.07 Å². The molecule has 0 radical (unpaired) electrons. The Bertz CT molecular complexity index is 1200. The number of fused-ring (bicyclic) bond motifs is 2. The van der Waals surface area contributed by atoms with Crippen LogP contribution in [0.2, 0.25) is 0 Å². The molecule has 1 heterocycles. The summed E-state index contributed by atoms with van der Waals surface area (Å²) in [6.07, 6.45) is 0.492. The maximum Gasteiger partial charge on any atom is 0.235 e. The molecule has 0 aromatic heterocycles. The molecule has 27 heavy (non-hydrogen) atoms. The minimum atomic E-state index is -3.49. The van der Waals surface area contributed by atoms with Gasteiger partial charge in [0.05, 0.1) is 29.1 Å². The predicted octanol–water partition coefficient (Wildman–Crippen LogP) is 3.87. The lowest BCUT2D eigenvalue weighted by Crippen LogP contribution is -2.33. The molecule has 0 spiro atoms. The Balaban J connectivity index is 1.87. The molecule has 1 N–H and O–H groups in total. The third-order valence-corrected chi connectivity index (χ3v) is 6.82. The number of anilines is 1. The van der Waals surface area contributed by atoms with E-state index in [1.807, 2.05) is 30.3 Å². The number of phenols is 1. The molecule has 1 atom stereocenters. The van der Waals surface area contributed by atoms with Crippen molar-refractivity contribution in [3.63, 3.8) is 0 Å². The van der Waals surface area contributed by atoms with E-state index < -0.39 is 10.0 Å². The number of nitriles is 1. The maximum absolute atomic E-state index is 12.8. The first-order chi connectivity index (χ1) is 12.9. The fourth-order valence-electron chi connectivity index (χ4n) is 3.69. The van der Waals surface area contributed by atoms with Gasteiger partial charge in [-0.1, -0.05) is 18.2 Å². The van der Waals surface area contributed by atoms with Crippen LogP contribution in [0.1, 0.15) is 29.7 Å². The van der Waals surface area contributed by atoms with Crippen molar-refractivity contribution >= 4 is 26.5 Å². The van der Waals surface area contributed by atoms with Crippen molar-refractivity contribution in [2.45, 2.75) is 19.4 Å². The van der Waals surface area contributed by atoms with E-state index in [4.69, 9.17) is 5.26 Å². The fraction of sp³-hybridized carbons (Fsp3) is 0.190. The highest BCUT2D eigenvalue weighted by Gasteiger charge is 2.37. The van der Waals surface area contributed by atoms with Gasteiger partial charge in [0.25, 0.3) is 0 Å². The Kier molecular flexibility index (Phi) is 4.05. The second kappa shape index (κ2) is 6.29. The third-order valence-electron chi connectivity index (χ3n) is 5.04. The van der Waals surface area contributed by atoms with Gasteiger partial charge in [-0.3, -0.25) is 4.31 Å². The Morgan fingerprint density at radius 1 is 1.11 bits per heavy atom. The van der Waals surface area contributed by atoms with Crippen molar-refractivity contribution in [1.82, 2.24) is 0 Å². The van der Waals surface area contributed by atoms with E-state index in [-0.39, 0.29) is 17.5 Å². The lowest BCUT2D eigenvalue weighted by Gasteiger charge is -2.27. The van der Waals surface area contributed by atoms with Crippen LogP contribution >= 0.6 is 0 Å². The summed E-state index contributed by atoms with van der Waals surface area (Å²) in [5.41, 5.74) is 2.86. The Labute approximate surface area is 158 Å². The summed E-state index contributed by atoms with van der Waals surface area (Å²) in [5, 5.41) is 20.8. The van der Waals surface area contributed by atoms with Crippen LogP contribution in [0.25, 0.3) is 10.8 Å². The summed E-state index contributed by atoms with van der Waals surface area (Å²) >= 11 is 0. The first kappa shape index (κ1) is 17.4. The first-order valence-corrected chi connectivity index (χ1v) is 10.3. The molecule has 3 aromatic rings. The number of benzene rings is 3. The number of phenolic OH excluding ortho intramolecular Hbond substituents is 1. The smallest absolute Gasteiger partial charge is 0.235 e. The monoisotopic (exact) mass is 378 g/mol. The highest BCUT2D eigenvalue weighted by molar-refractivity contribution is 7.92. The summed E-state index contributed by atoms with van der Waals surface area (Å²) in [6.45, 7) is 1.63. The number of sulfonamides is 1. The van der Waals surface area contributed by atoms with Crippen molar-refractivity contribution in [1.29, 1.82) is 5.26 Å². The van der Waals surface area contributed by atoms with Crippen molar-refractivity contribution < 1.29 is 13.5 Å². The molecule has 4 rings (SSSR count). The van der Waals surface area contributed by atoms with E-state index in [9.17, 15) is 13.5 Å². The average molecular weight is 378 g/mol. The molecular formula is C21H18N2O3S. The van der Waals surface area contributed by atoms with Gasteiger partial charge in [0.1, 0.15) is 5.75 Å². The zero-order valence-electron chi connectivity index (χ0n) is 14.8. The van der Waals surface area contributed by atoms with Crippen molar-refractivity contribution in [3.8, 4) is 11.8 Å². The van der Waals surface area contributed by atoms with Crippen molar-refractivity contribution in [2.75, 3.05) is 10.1 Å². The van der Waals surface area contributed by atoms with E-state index in [1.54, 1.807) is 25.1 Å². The van der Waals surface area contributed by atoms with E-state index in [0.717, 1.165) is 21.9 Å². The molecule has 0 aliphatic carbocycles. The number of aromatic hydroxyl groups is 1. The van der Waals surface area contributed by atoms with Gasteiger partial charge in [-0.05, 0) is 65.2 Å². The van der Waals surface area contributed by atoms with Crippen LogP contribution in [0.15, 0.2) is 54.6 Å². The molecule has 0 unspecified atom stereocenters. The lowest BCUT2D eigenvalue weighted by molar-refractivity contribution is 0.475. The van der Waals surface area contributed by atoms with Crippen LogP contribution < -0.4 is 4.31 Å². The van der Waals surface area contributed by atoms with Crippen LogP contribution in [0.5, 0.6) is 5.75 Å². The van der Waals surface area contributed by atoms with Crippen LogP contribution in [0.3, 0.4) is 0 Å². The Hall–Kier alpha value is -3.04.